The molecule has 44 heavy (non-hydrogen) atoms. The third kappa shape index (κ3) is 4.90. The minimum Gasteiger partial charge on any atom is -0.491 e. The molecule has 224 valence electrons. The van der Waals surface area contributed by atoms with Crippen LogP contribution in [0.15, 0.2) is 66.7 Å². The number of hydrogen-bond acceptors (Lipinski definition) is 5. The number of rotatable bonds is 7. The molecule has 8 heteroatoms. The number of aryl methyl sites for hydroxylation is 1. The zero-order valence-electron chi connectivity index (χ0n) is 25.3. The van der Waals surface area contributed by atoms with E-state index < -0.39 is 11.7 Å². The molecule has 1 fully saturated rings. The van der Waals surface area contributed by atoms with E-state index in [1.165, 1.54) is 0 Å². The number of hydrogen-bond donors (Lipinski definition) is 2. The second-order valence-electron chi connectivity index (χ2n) is 12.3. The second-order valence-corrected chi connectivity index (χ2v) is 12.3. The first-order chi connectivity index (χ1) is 21.1. The van der Waals surface area contributed by atoms with Crippen molar-refractivity contribution in [2.45, 2.75) is 52.6 Å². The van der Waals surface area contributed by atoms with E-state index in [0.717, 1.165) is 66.4 Å². The van der Waals surface area contributed by atoms with Crippen molar-refractivity contribution >= 4 is 39.3 Å². The summed E-state index contributed by atoms with van der Waals surface area (Å²) in [5.41, 5.74) is 15.0. The zero-order valence-corrected chi connectivity index (χ0v) is 25.3. The van der Waals surface area contributed by atoms with E-state index in [-0.39, 0.29) is 18.4 Å². The molecule has 0 spiro atoms. The van der Waals surface area contributed by atoms with Crippen LogP contribution >= 0.6 is 0 Å². The van der Waals surface area contributed by atoms with Crippen molar-refractivity contribution in [3.8, 4) is 16.9 Å². The number of nitrogens with zero attached hydrogens (tertiary/aromatic N) is 1. The lowest BCUT2D eigenvalue weighted by atomic mass is 9.92. The number of aromatic amines is 1. The maximum absolute atomic E-state index is 13.5. The van der Waals surface area contributed by atoms with Crippen LogP contribution in [0.25, 0.3) is 32.9 Å². The minimum atomic E-state index is -0.608. The largest absolute Gasteiger partial charge is 0.491 e. The number of amides is 2. The number of fused-ring (bicyclic) bond motifs is 4. The van der Waals surface area contributed by atoms with Gasteiger partial charge in [-0.25, -0.2) is 0 Å². The van der Waals surface area contributed by atoms with Gasteiger partial charge in [0.1, 0.15) is 18.5 Å². The fraction of sp³-hybridized carbons (Fsp3) is 0.278. The van der Waals surface area contributed by atoms with E-state index in [4.69, 9.17) is 19.9 Å². The Labute approximate surface area is 255 Å². The van der Waals surface area contributed by atoms with Gasteiger partial charge in [0.2, 0.25) is 5.91 Å². The van der Waals surface area contributed by atoms with Gasteiger partial charge in [-0.2, -0.15) is 0 Å². The molecule has 4 aromatic carbocycles. The number of carbonyl (C=O) groups is 2. The van der Waals surface area contributed by atoms with E-state index in [1.54, 1.807) is 0 Å². The van der Waals surface area contributed by atoms with E-state index >= 15 is 0 Å². The van der Waals surface area contributed by atoms with Crippen LogP contribution in [-0.2, 0) is 27.2 Å². The van der Waals surface area contributed by atoms with Crippen molar-refractivity contribution in [1.82, 2.24) is 4.98 Å². The lowest BCUT2D eigenvalue weighted by molar-refractivity contribution is -0.141. The summed E-state index contributed by atoms with van der Waals surface area (Å²) < 4.78 is 17.6. The SMILES string of the molecule is Cc1ccc2c(c1)C(=O)N(c1cccc(-c3ccc(CC(N)=O)c4[nH]c5cc(OCC6COC(C)(C)O6)ccc5c34)c1C)C2. The predicted molar refractivity (Wildman–Crippen MR) is 171 cm³/mol. The van der Waals surface area contributed by atoms with Crippen LogP contribution in [0.1, 0.15) is 46.5 Å². The molecule has 0 radical (unpaired) electrons. The molecule has 3 N–H and O–H groups in total. The second kappa shape index (κ2) is 10.5. The molecule has 2 amide bonds. The molecule has 1 saturated heterocycles. The van der Waals surface area contributed by atoms with Crippen LogP contribution in [0.4, 0.5) is 5.69 Å². The predicted octanol–water partition coefficient (Wildman–Crippen LogP) is 6.32. The fourth-order valence-corrected chi connectivity index (χ4v) is 6.55. The molecule has 3 heterocycles. The van der Waals surface area contributed by atoms with E-state index in [2.05, 4.69) is 18.0 Å². The average Bonchev–Trinajstić information content (AvgIpc) is 3.64. The molecule has 7 rings (SSSR count). The lowest BCUT2D eigenvalue weighted by Gasteiger charge is -2.21. The van der Waals surface area contributed by atoms with Crippen molar-refractivity contribution in [3.05, 3.63) is 94.5 Å². The molecule has 0 bridgehead atoms. The van der Waals surface area contributed by atoms with Crippen molar-refractivity contribution in [1.29, 1.82) is 0 Å². The van der Waals surface area contributed by atoms with Gasteiger partial charge in [-0.15, -0.1) is 0 Å². The molecule has 1 aromatic heterocycles. The normalized spacial score (nSPS) is 17.5. The number of H-pyrrole nitrogens is 1. The molecule has 2 aliphatic heterocycles. The Morgan fingerprint density at radius 2 is 1.89 bits per heavy atom. The van der Waals surface area contributed by atoms with Gasteiger partial charge in [-0.05, 0) is 79.8 Å². The minimum absolute atomic E-state index is 0.0173. The highest BCUT2D eigenvalue weighted by Gasteiger charge is 2.33. The molecular weight excluding hydrogens is 554 g/mol. The van der Waals surface area contributed by atoms with Gasteiger partial charge >= 0.3 is 0 Å². The highest BCUT2D eigenvalue weighted by Crippen LogP contribution is 2.42. The van der Waals surface area contributed by atoms with Crippen LogP contribution in [0.5, 0.6) is 5.75 Å². The smallest absolute Gasteiger partial charge is 0.258 e. The standard InChI is InChI=1S/C36H35N3O5/c1-20-8-9-23-17-39(35(41)29(23)14-20)31-7-5-6-26(21(31)2)27-12-10-22(15-32(37)40)34-33(27)28-13-11-24(16-30(28)38-34)42-18-25-19-43-36(3,4)44-25/h5-14,16,25,38H,15,17-19H2,1-4H3,(H2,37,40). The van der Waals surface area contributed by atoms with Crippen LogP contribution < -0.4 is 15.4 Å². The summed E-state index contributed by atoms with van der Waals surface area (Å²) in [7, 11) is 0. The lowest BCUT2D eigenvalue weighted by Crippen LogP contribution is -2.25. The van der Waals surface area contributed by atoms with Crippen molar-refractivity contribution in [2.24, 2.45) is 5.73 Å². The maximum Gasteiger partial charge on any atom is 0.258 e. The summed E-state index contributed by atoms with van der Waals surface area (Å²) in [6.07, 6.45) is -0.0347. The molecule has 0 aliphatic carbocycles. The van der Waals surface area contributed by atoms with E-state index in [1.807, 2.05) is 86.3 Å². The highest BCUT2D eigenvalue weighted by molar-refractivity contribution is 6.17. The Kier molecular flexibility index (Phi) is 6.72. The summed E-state index contributed by atoms with van der Waals surface area (Å²) in [4.78, 5) is 30.9. The summed E-state index contributed by atoms with van der Waals surface area (Å²) >= 11 is 0. The Morgan fingerprint density at radius 3 is 2.66 bits per heavy atom. The number of primary amides is 1. The van der Waals surface area contributed by atoms with E-state index in [0.29, 0.717) is 25.5 Å². The van der Waals surface area contributed by atoms with Gasteiger partial charge in [0.15, 0.2) is 5.79 Å². The number of nitrogens with two attached hydrogens (primary N) is 1. The molecule has 0 saturated carbocycles. The molecule has 2 aliphatic rings. The third-order valence-electron chi connectivity index (χ3n) is 8.64. The number of anilines is 1. The van der Waals surface area contributed by atoms with Gasteiger partial charge in [0.25, 0.3) is 5.91 Å². The van der Waals surface area contributed by atoms with Crippen molar-refractivity contribution in [3.63, 3.8) is 0 Å². The first-order valence-corrected chi connectivity index (χ1v) is 14.9. The first kappa shape index (κ1) is 28.1. The van der Waals surface area contributed by atoms with Gasteiger partial charge in [-0.3, -0.25) is 9.59 Å². The molecule has 1 unspecified atom stereocenters. The highest BCUT2D eigenvalue weighted by atomic mass is 16.7. The number of aromatic nitrogens is 1. The number of benzene rings is 4. The fourth-order valence-electron chi connectivity index (χ4n) is 6.55. The van der Waals surface area contributed by atoms with Gasteiger partial charge in [-0.1, -0.05) is 42.0 Å². The quantitative estimate of drug-likeness (QED) is 0.231. The third-order valence-corrected chi connectivity index (χ3v) is 8.64. The Hall–Kier alpha value is -4.66. The molecule has 1 atom stereocenters. The average molecular weight is 590 g/mol. The van der Waals surface area contributed by atoms with Gasteiger partial charge in [0.05, 0.1) is 30.6 Å². The monoisotopic (exact) mass is 589 g/mol. The Bertz CT molecular complexity index is 1970. The summed E-state index contributed by atoms with van der Waals surface area (Å²) in [5, 5.41) is 1.99. The van der Waals surface area contributed by atoms with Gasteiger partial charge < -0.3 is 29.8 Å². The topological polar surface area (TPSA) is 107 Å². The summed E-state index contributed by atoms with van der Waals surface area (Å²) in [6, 6.07) is 22.1. The van der Waals surface area contributed by atoms with Crippen LogP contribution in [0.2, 0.25) is 0 Å². The Morgan fingerprint density at radius 1 is 1.05 bits per heavy atom. The summed E-state index contributed by atoms with van der Waals surface area (Å²) in [6.45, 7) is 9.25. The maximum atomic E-state index is 13.5. The van der Waals surface area contributed by atoms with Crippen LogP contribution in [-0.4, -0.2) is 41.9 Å². The Balaban J connectivity index is 1.29. The number of nitrogens with one attached hydrogen (secondary N) is 1. The first-order valence-electron chi connectivity index (χ1n) is 14.9. The molecule has 5 aromatic rings. The van der Waals surface area contributed by atoms with Gasteiger partial charge in [0, 0.05) is 28.1 Å². The van der Waals surface area contributed by atoms with Crippen molar-refractivity contribution in [2.75, 3.05) is 18.1 Å². The zero-order chi connectivity index (χ0) is 30.7. The van der Waals surface area contributed by atoms with E-state index in [9.17, 15) is 9.59 Å². The van der Waals surface area contributed by atoms with Crippen LogP contribution in [0, 0.1) is 13.8 Å². The number of ether oxygens (including phenoxy) is 3. The van der Waals surface area contributed by atoms with Crippen LogP contribution in [0.3, 0.4) is 0 Å². The number of carbonyl (C=O) groups excluding carboxylic acids is 2. The molecule has 8 nitrogen and oxygen atoms in total. The van der Waals surface area contributed by atoms with Crippen molar-refractivity contribution < 1.29 is 23.8 Å². The summed E-state index contributed by atoms with van der Waals surface area (Å²) in [5.74, 6) is -0.286. The molecular formula is C36H35N3O5.